The van der Waals surface area contributed by atoms with E-state index in [1.54, 1.807) is 24.4 Å². The van der Waals surface area contributed by atoms with Gasteiger partial charge in [-0.05, 0) is 72.3 Å². The lowest BCUT2D eigenvalue weighted by atomic mass is 10.2. The number of ether oxygens (including phenoxy) is 3. The monoisotopic (exact) mass is 671 g/mol. The van der Waals surface area contributed by atoms with E-state index in [-0.39, 0.29) is 18.2 Å². The highest BCUT2D eigenvalue weighted by atomic mass is 79.9. The number of fused-ring (bicyclic) bond motifs is 3. The minimum atomic E-state index is -0.318. The summed E-state index contributed by atoms with van der Waals surface area (Å²) in [5.41, 5.74) is 2.50. The van der Waals surface area contributed by atoms with E-state index in [1.165, 1.54) is 4.68 Å². The predicted octanol–water partition coefficient (Wildman–Crippen LogP) is 7.52. The maximum absolute atomic E-state index is 13.7. The molecule has 41 heavy (non-hydrogen) atoms. The number of furan rings is 1. The Morgan fingerprint density at radius 2 is 1.76 bits per heavy atom. The summed E-state index contributed by atoms with van der Waals surface area (Å²) in [4.78, 5) is 18.4. The highest BCUT2D eigenvalue weighted by molar-refractivity contribution is 9.10. The van der Waals surface area contributed by atoms with Gasteiger partial charge in [0.05, 0.1) is 17.1 Å². The van der Waals surface area contributed by atoms with Gasteiger partial charge in [0.25, 0.3) is 5.56 Å². The van der Waals surface area contributed by atoms with Gasteiger partial charge in [-0.15, -0.1) is 0 Å². The Bertz CT molecular complexity index is 2050. The summed E-state index contributed by atoms with van der Waals surface area (Å²) in [5, 5.41) is 5.92. The molecule has 2 aromatic heterocycles. The summed E-state index contributed by atoms with van der Waals surface area (Å²) in [7, 11) is 0. The van der Waals surface area contributed by atoms with Crippen LogP contribution in [0.1, 0.15) is 11.1 Å². The highest BCUT2D eigenvalue weighted by Gasteiger charge is 2.17. The van der Waals surface area contributed by atoms with Gasteiger partial charge in [0, 0.05) is 19.9 Å². The van der Waals surface area contributed by atoms with Crippen molar-refractivity contribution in [2.24, 2.45) is 5.10 Å². The molecule has 0 unspecified atom stereocenters. The first-order chi connectivity index (χ1) is 20.0. The van der Waals surface area contributed by atoms with Crippen molar-refractivity contribution in [1.29, 1.82) is 0 Å². The minimum Gasteiger partial charge on any atom is -0.488 e. The first-order valence-electron chi connectivity index (χ1n) is 12.6. The molecule has 6 aromatic rings. The smallest absolute Gasteiger partial charge is 0.282 e. The second kappa shape index (κ2) is 10.5. The van der Waals surface area contributed by atoms with Crippen molar-refractivity contribution in [1.82, 2.24) is 9.66 Å². The largest absolute Gasteiger partial charge is 0.488 e. The second-order valence-electron chi connectivity index (χ2n) is 9.27. The standard InChI is InChI=1S/C31H19Br2N3O5/c32-21-7-10-26-19(12-21)14-29(41-26)30-35-24-4-2-1-3-23(24)31(37)36(30)34-15-20-13-22(33)6-9-25(20)38-16-18-5-8-27-28(11-18)40-17-39-27/h1-15H,16-17H2. The van der Waals surface area contributed by atoms with Crippen molar-refractivity contribution < 1.29 is 18.6 Å². The summed E-state index contributed by atoms with van der Waals surface area (Å²) in [6, 6.07) is 26.0. The molecule has 0 radical (unpaired) electrons. The fraction of sp³-hybridized carbons (Fsp3) is 0.0645. The van der Waals surface area contributed by atoms with Crippen molar-refractivity contribution in [3.63, 3.8) is 0 Å². The summed E-state index contributed by atoms with van der Waals surface area (Å²) >= 11 is 7.03. The van der Waals surface area contributed by atoms with Gasteiger partial charge in [-0.1, -0.05) is 50.1 Å². The Labute approximate surface area is 250 Å². The van der Waals surface area contributed by atoms with Gasteiger partial charge in [0.2, 0.25) is 12.6 Å². The van der Waals surface area contributed by atoms with Crippen molar-refractivity contribution >= 4 is 59.9 Å². The number of hydrogen-bond donors (Lipinski definition) is 0. The number of para-hydroxylation sites is 1. The number of hydrogen-bond acceptors (Lipinski definition) is 7. The summed E-state index contributed by atoms with van der Waals surface area (Å²) in [6.45, 7) is 0.514. The third-order valence-corrected chi connectivity index (χ3v) is 7.55. The Balaban J connectivity index is 1.28. The first kappa shape index (κ1) is 25.6. The van der Waals surface area contributed by atoms with Crippen LogP contribution in [0.15, 0.2) is 108 Å². The van der Waals surface area contributed by atoms with Gasteiger partial charge in [-0.3, -0.25) is 4.79 Å². The molecular weight excluding hydrogens is 654 g/mol. The quantitative estimate of drug-likeness (QED) is 0.170. The average molecular weight is 673 g/mol. The highest BCUT2D eigenvalue weighted by Crippen LogP contribution is 2.33. The topological polar surface area (TPSA) is 88.1 Å². The second-order valence-corrected chi connectivity index (χ2v) is 11.1. The lowest BCUT2D eigenvalue weighted by Crippen LogP contribution is -2.20. The number of nitrogens with zero attached hydrogens (tertiary/aromatic N) is 3. The Morgan fingerprint density at radius 1 is 0.927 bits per heavy atom. The van der Waals surface area contributed by atoms with E-state index in [2.05, 4.69) is 37.0 Å². The van der Waals surface area contributed by atoms with Crippen molar-refractivity contribution in [3.05, 3.63) is 115 Å². The molecule has 1 aliphatic rings. The van der Waals surface area contributed by atoms with Gasteiger partial charge >= 0.3 is 0 Å². The molecule has 0 saturated heterocycles. The fourth-order valence-electron chi connectivity index (χ4n) is 4.58. The van der Waals surface area contributed by atoms with Crippen LogP contribution in [-0.2, 0) is 6.61 Å². The van der Waals surface area contributed by atoms with E-state index in [0.717, 1.165) is 19.9 Å². The van der Waals surface area contributed by atoms with E-state index in [4.69, 9.17) is 23.6 Å². The van der Waals surface area contributed by atoms with E-state index in [0.29, 0.717) is 51.7 Å². The molecule has 0 saturated carbocycles. The van der Waals surface area contributed by atoms with Crippen LogP contribution in [0.4, 0.5) is 0 Å². The molecule has 8 nitrogen and oxygen atoms in total. The normalized spacial score (nSPS) is 12.5. The van der Waals surface area contributed by atoms with Gasteiger partial charge in [0.1, 0.15) is 17.9 Å². The van der Waals surface area contributed by atoms with Crippen LogP contribution in [0.5, 0.6) is 17.2 Å². The number of aromatic nitrogens is 2. The molecule has 0 fully saturated rings. The van der Waals surface area contributed by atoms with Crippen LogP contribution in [0.3, 0.4) is 0 Å². The Morgan fingerprint density at radius 3 is 2.68 bits per heavy atom. The van der Waals surface area contributed by atoms with Crippen molar-refractivity contribution in [2.75, 3.05) is 6.79 Å². The number of halogens is 2. The molecule has 0 atom stereocenters. The maximum atomic E-state index is 13.7. The molecule has 202 valence electrons. The van der Waals surface area contributed by atoms with Crippen LogP contribution in [0.25, 0.3) is 33.5 Å². The SMILES string of the molecule is O=c1c2ccccc2nc(-c2cc3cc(Br)ccc3o2)n1N=Cc1cc(Br)ccc1OCc1ccc2c(c1)OCO2. The fourth-order valence-corrected chi connectivity index (χ4v) is 5.34. The predicted molar refractivity (Wildman–Crippen MR) is 163 cm³/mol. The van der Waals surface area contributed by atoms with Crippen molar-refractivity contribution in [3.8, 4) is 28.8 Å². The van der Waals surface area contributed by atoms with Crippen molar-refractivity contribution in [2.45, 2.75) is 6.61 Å². The molecule has 3 heterocycles. The van der Waals surface area contributed by atoms with E-state index in [1.807, 2.05) is 66.7 Å². The zero-order chi connectivity index (χ0) is 27.9. The zero-order valence-corrected chi connectivity index (χ0v) is 24.4. The van der Waals surface area contributed by atoms with E-state index in [9.17, 15) is 4.79 Å². The Hall–Kier alpha value is -4.41. The van der Waals surface area contributed by atoms with Gasteiger partial charge in [-0.2, -0.15) is 9.78 Å². The molecule has 0 amide bonds. The minimum absolute atomic E-state index is 0.212. The average Bonchev–Trinajstić information content (AvgIpc) is 3.62. The van der Waals surface area contributed by atoms with E-state index < -0.39 is 0 Å². The van der Waals surface area contributed by atoms with Gasteiger partial charge < -0.3 is 18.6 Å². The number of rotatable bonds is 6. The molecular formula is C31H19Br2N3O5. The lowest BCUT2D eigenvalue weighted by Gasteiger charge is -2.11. The van der Waals surface area contributed by atoms with Gasteiger partial charge in [-0.25, -0.2) is 4.98 Å². The molecule has 0 bridgehead atoms. The molecule has 7 rings (SSSR count). The first-order valence-corrected chi connectivity index (χ1v) is 14.2. The maximum Gasteiger partial charge on any atom is 0.282 e. The zero-order valence-electron chi connectivity index (χ0n) is 21.2. The molecule has 0 spiro atoms. The summed E-state index contributed by atoms with van der Waals surface area (Å²) in [5.74, 6) is 2.71. The summed E-state index contributed by atoms with van der Waals surface area (Å²) < 4.78 is 26.1. The lowest BCUT2D eigenvalue weighted by molar-refractivity contribution is 0.174. The Kier molecular flexibility index (Phi) is 6.56. The molecule has 0 N–H and O–H groups in total. The van der Waals surface area contributed by atoms with Crippen LogP contribution in [0, 0.1) is 0 Å². The molecule has 1 aliphatic heterocycles. The molecule has 0 aliphatic carbocycles. The van der Waals surface area contributed by atoms with E-state index >= 15 is 0 Å². The van der Waals surface area contributed by atoms with Crippen LogP contribution in [-0.4, -0.2) is 22.7 Å². The summed E-state index contributed by atoms with van der Waals surface area (Å²) in [6.07, 6.45) is 1.58. The molecule has 10 heteroatoms. The third-order valence-electron chi connectivity index (χ3n) is 6.57. The molecule has 4 aromatic carbocycles. The van der Waals surface area contributed by atoms with Crippen LogP contribution < -0.4 is 19.8 Å². The number of benzene rings is 4. The van der Waals surface area contributed by atoms with Gasteiger partial charge in [0.15, 0.2) is 17.3 Å². The van der Waals surface area contributed by atoms with Crippen LogP contribution in [0.2, 0.25) is 0 Å². The van der Waals surface area contributed by atoms with Crippen LogP contribution >= 0.6 is 31.9 Å². The third kappa shape index (κ3) is 5.00.